The Kier molecular flexibility index (Phi) is 4.96. The molecule has 3 heterocycles. The number of aromatic nitrogens is 3. The van der Waals surface area contributed by atoms with Crippen molar-refractivity contribution in [2.24, 2.45) is 0 Å². The van der Waals surface area contributed by atoms with Crippen molar-refractivity contribution in [3.63, 3.8) is 0 Å². The zero-order valence-electron chi connectivity index (χ0n) is 13.5. The molecule has 0 atom stereocenters. The second-order valence-electron chi connectivity index (χ2n) is 5.80. The Morgan fingerprint density at radius 3 is 2.70 bits per heavy atom. The Bertz CT molecular complexity index is 671. The molecule has 1 aliphatic heterocycles. The minimum Gasteiger partial charge on any atom is -0.489 e. The summed E-state index contributed by atoms with van der Waals surface area (Å²) in [5.74, 6) is 1.57. The number of ether oxygens (including phenoxy) is 1. The fraction of sp³-hybridized carbons (Fsp3) is 0.471. The molecule has 2 aromatic heterocycles. The molecule has 0 amide bonds. The van der Waals surface area contributed by atoms with Gasteiger partial charge >= 0.3 is 0 Å². The van der Waals surface area contributed by atoms with E-state index in [0.717, 1.165) is 55.4 Å². The first-order valence-electron chi connectivity index (χ1n) is 8.00. The summed E-state index contributed by atoms with van der Waals surface area (Å²) < 4.78 is 5.97. The van der Waals surface area contributed by atoms with Crippen molar-refractivity contribution in [3.05, 3.63) is 40.9 Å². The van der Waals surface area contributed by atoms with Gasteiger partial charge in [-0.05, 0) is 19.4 Å². The number of hydrogen-bond donors (Lipinski definition) is 0. The van der Waals surface area contributed by atoms with Gasteiger partial charge in [-0.15, -0.1) is 0 Å². The van der Waals surface area contributed by atoms with Crippen LogP contribution < -0.4 is 9.64 Å². The zero-order chi connectivity index (χ0) is 16.2. The van der Waals surface area contributed by atoms with E-state index >= 15 is 0 Å². The van der Waals surface area contributed by atoms with E-state index < -0.39 is 0 Å². The van der Waals surface area contributed by atoms with E-state index in [1.54, 1.807) is 18.5 Å². The monoisotopic (exact) mass is 332 g/mol. The Hall–Kier alpha value is -1.88. The number of hydrogen-bond acceptors (Lipinski definition) is 5. The van der Waals surface area contributed by atoms with Crippen LogP contribution in [0, 0.1) is 6.92 Å². The summed E-state index contributed by atoms with van der Waals surface area (Å²) in [5.41, 5.74) is 2.12. The molecular weight excluding hydrogens is 312 g/mol. The highest BCUT2D eigenvalue weighted by Crippen LogP contribution is 2.23. The van der Waals surface area contributed by atoms with Crippen LogP contribution in [0.3, 0.4) is 0 Å². The molecule has 0 saturated carbocycles. The van der Waals surface area contributed by atoms with Crippen molar-refractivity contribution in [3.8, 4) is 5.75 Å². The van der Waals surface area contributed by atoms with Crippen molar-refractivity contribution in [2.75, 3.05) is 18.0 Å². The fourth-order valence-electron chi connectivity index (χ4n) is 2.76. The van der Waals surface area contributed by atoms with E-state index in [1.165, 1.54) is 0 Å². The van der Waals surface area contributed by atoms with Crippen LogP contribution in [-0.4, -0.2) is 34.1 Å². The average Bonchev–Trinajstić information content (AvgIpc) is 2.55. The van der Waals surface area contributed by atoms with Crippen LogP contribution in [-0.2, 0) is 6.42 Å². The lowest BCUT2D eigenvalue weighted by molar-refractivity contribution is 0.170. The van der Waals surface area contributed by atoms with E-state index in [9.17, 15) is 0 Å². The molecule has 1 fully saturated rings. The Labute approximate surface area is 141 Å². The van der Waals surface area contributed by atoms with Gasteiger partial charge in [-0.3, -0.25) is 4.98 Å². The molecule has 0 N–H and O–H groups in total. The highest BCUT2D eigenvalue weighted by molar-refractivity contribution is 6.30. The van der Waals surface area contributed by atoms with Crippen LogP contribution >= 0.6 is 11.6 Å². The Morgan fingerprint density at radius 1 is 1.22 bits per heavy atom. The number of anilines is 1. The minimum atomic E-state index is 0.182. The number of pyridine rings is 1. The summed E-state index contributed by atoms with van der Waals surface area (Å²) in [4.78, 5) is 15.5. The first-order valence-corrected chi connectivity index (χ1v) is 8.38. The van der Waals surface area contributed by atoms with Crippen LogP contribution in [0.15, 0.2) is 24.5 Å². The van der Waals surface area contributed by atoms with Gasteiger partial charge in [0.05, 0.1) is 11.2 Å². The molecule has 6 heteroatoms. The molecule has 0 bridgehead atoms. The van der Waals surface area contributed by atoms with Gasteiger partial charge in [-0.25, -0.2) is 9.97 Å². The first-order chi connectivity index (χ1) is 11.1. The second-order valence-corrected chi connectivity index (χ2v) is 6.23. The summed E-state index contributed by atoms with van der Waals surface area (Å²) in [6, 6.07) is 3.85. The lowest BCUT2D eigenvalue weighted by atomic mass is 10.1. The molecule has 1 saturated heterocycles. The average molecular weight is 333 g/mol. The van der Waals surface area contributed by atoms with Gasteiger partial charge in [-0.1, -0.05) is 18.5 Å². The van der Waals surface area contributed by atoms with E-state index in [-0.39, 0.29) is 6.10 Å². The standard InChI is InChI=1S/C17H21ClN4O/c1-3-14-8-12(2)20-17(21-14)22-6-4-15(5-7-22)23-16-9-13(18)10-19-11-16/h8-11,15H,3-7H2,1-2H3. The van der Waals surface area contributed by atoms with E-state index in [4.69, 9.17) is 16.3 Å². The van der Waals surface area contributed by atoms with Crippen LogP contribution in [0.1, 0.15) is 31.2 Å². The zero-order valence-corrected chi connectivity index (χ0v) is 14.3. The second kappa shape index (κ2) is 7.13. The minimum absolute atomic E-state index is 0.182. The number of rotatable bonds is 4. The van der Waals surface area contributed by atoms with Gasteiger partial charge in [0.2, 0.25) is 5.95 Å². The number of nitrogens with zero attached hydrogens (tertiary/aromatic N) is 4. The predicted molar refractivity (Wildman–Crippen MR) is 91.3 cm³/mol. The molecule has 3 rings (SSSR count). The Balaban J connectivity index is 1.61. The topological polar surface area (TPSA) is 51.1 Å². The van der Waals surface area contributed by atoms with Crippen LogP contribution in [0.25, 0.3) is 0 Å². The number of halogens is 1. The van der Waals surface area contributed by atoms with Crippen molar-refractivity contribution in [1.82, 2.24) is 15.0 Å². The maximum atomic E-state index is 5.97. The number of aryl methyl sites for hydroxylation is 2. The van der Waals surface area contributed by atoms with Crippen molar-refractivity contribution < 1.29 is 4.74 Å². The predicted octanol–water partition coefficient (Wildman–Crippen LogP) is 3.44. The summed E-state index contributed by atoms with van der Waals surface area (Å²) in [5, 5.41) is 0.597. The molecule has 1 aliphatic rings. The van der Waals surface area contributed by atoms with Gasteiger partial charge in [0.15, 0.2) is 0 Å². The molecule has 0 spiro atoms. The smallest absolute Gasteiger partial charge is 0.225 e. The highest BCUT2D eigenvalue weighted by Gasteiger charge is 2.22. The molecule has 5 nitrogen and oxygen atoms in total. The summed E-state index contributed by atoms with van der Waals surface area (Å²) in [6.45, 7) is 5.92. The van der Waals surface area contributed by atoms with Gasteiger partial charge < -0.3 is 9.64 Å². The lowest BCUT2D eigenvalue weighted by Gasteiger charge is -2.32. The molecule has 0 aromatic carbocycles. The van der Waals surface area contributed by atoms with Crippen molar-refractivity contribution >= 4 is 17.5 Å². The lowest BCUT2D eigenvalue weighted by Crippen LogP contribution is -2.39. The molecule has 122 valence electrons. The SMILES string of the molecule is CCc1cc(C)nc(N2CCC(Oc3cncc(Cl)c3)CC2)n1. The third-order valence-electron chi connectivity index (χ3n) is 3.97. The normalized spacial score (nSPS) is 15.7. The van der Waals surface area contributed by atoms with E-state index in [2.05, 4.69) is 26.8 Å². The largest absolute Gasteiger partial charge is 0.489 e. The first kappa shape index (κ1) is 16.0. The number of piperidine rings is 1. The molecular formula is C17H21ClN4O. The molecule has 23 heavy (non-hydrogen) atoms. The van der Waals surface area contributed by atoms with Crippen LogP contribution in [0.5, 0.6) is 5.75 Å². The fourth-order valence-corrected chi connectivity index (χ4v) is 2.93. The van der Waals surface area contributed by atoms with Crippen LogP contribution in [0.2, 0.25) is 5.02 Å². The Morgan fingerprint density at radius 2 is 2.00 bits per heavy atom. The van der Waals surface area contributed by atoms with E-state index in [0.29, 0.717) is 5.02 Å². The summed E-state index contributed by atoms with van der Waals surface area (Å²) in [7, 11) is 0. The van der Waals surface area contributed by atoms with Gasteiger partial charge in [-0.2, -0.15) is 0 Å². The molecule has 0 aliphatic carbocycles. The van der Waals surface area contributed by atoms with Gasteiger partial charge in [0.25, 0.3) is 0 Å². The quantitative estimate of drug-likeness (QED) is 0.858. The van der Waals surface area contributed by atoms with Gasteiger partial charge in [0.1, 0.15) is 11.9 Å². The molecule has 0 radical (unpaired) electrons. The van der Waals surface area contributed by atoms with Gasteiger partial charge in [0, 0.05) is 49.6 Å². The molecule has 0 unspecified atom stereocenters. The highest BCUT2D eigenvalue weighted by atomic mass is 35.5. The molecule has 2 aromatic rings. The van der Waals surface area contributed by atoms with Crippen molar-refractivity contribution in [1.29, 1.82) is 0 Å². The maximum Gasteiger partial charge on any atom is 0.225 e. The maximum absolute atomic E-state index is 5.97. The summed E-state index contributed by atoms with van der Waals surface area (Å²) >= 11 is 5.94. The third kappa shape index (κ3) is 4.10. The third-order valence-corrected chi connectivity index (χ3v) is 4.17. The van der Waals surface area contributed by atoms with Crippen molar-refractivity contribution in [2.45, 2.75) is 39.2 Å². The van der Waals surface area contributed by atoms with Crippen LogP contribution in [0.4, 0.5) is 5.95 Å². The summed E-state index contributed by atoms with van der Waals surface area (Å²) in [6.07, 6.45) is 6.29. The van der Waals surface area contributed by atoms with E-state index in [1.807, 2.05) is 13.0 Å².